The van der Waals surface area contributed by atoms with Gasteiger partial charge in [0.2, 0.25) is 0 Å². The first kappa shape index (κ1) is 17.5. The summed E-state index contributed by atoms with van der Waals surface area (Å²) in [5.74, 6) is 0.919. The second-order valence-corrected chi connectivity index (χ2v) is 5.61. The van der Waals surface area contributed by atoms with E-state index < -0.39 is 0 Å². The normalized spacial score (nSPS) is 16.8. The van der Waals surface area contributed by atoms with Gasteiger partial charge >= 0.3 is 0 Å². The van der Waals surface area contributed by atoms with E-state index in [0.717, 1.165) is 39.0 Å². The fraction of sp³-hybridized carbons (Fsp3) is 0.625. The lowest BCUT2D eigenvalue weighted by molar-refractivity contribution is -0.386. The SMILES string of the molecule is CCC[C@@H](c1cc(OC)c(OC)cc1[N+](=O)[O-])N1CCNCC1. The van der Waals surface area contributed by atoms with Gasteiger partial charge in [0.25, 0.3) is 5.69 Å². The first-order valence-electron chi connectivity index (χ1n) is 7.97. The van der Waals surface area contributed by atoms with Crippen LogP contribution in [0, 0.1) is 10.1 Å². The van der Waals surface area contributed by atoms with Gasteiger partial charge in [-0.05, 0) is 12.5 Å². The summed E-state index contributed by atoms with van der Waals surface area (Å²) in [4.78, 5) is 13.5. The zero-order valence-electron chi connectivity index (χ0n) is 14.0. The van der Waals surface area contributed by atoms with E-state index >= 15 is 0 Å². The molecular formula is C16H25N3O4. The highest BCUT2D eigenvalue weighted by atomic mass is 16.6. The summed E-state index contributed by atoms with van der Waals surface area (Å²) in [5, 5.41) is 14.9. The quantitative estimate of drug-likeness (QED) is 0.613. The van der Waals surface area contributed by atoms with Crippen molar-refractivity contribution in [1.82, 2.24) is 10.2 Å². The van der Waals surface area contributed by atoms with E-state index in [9.17, 15) is 10.1 Å². The molecule has 23 heavy (non-hydrogen) atoms. The van der Waals surface area contributed by atoms with Crippen molar-refractivity contribution in [2.45, 2.75) is 25.8 Å². The van der Waals surface area contributed by atoms with Crippen LogP contribution in [0.25, 0.3) is 0 Å². The van der Waals surface area contributed by atoms with Gasteiger partial charge in [-0.1, -0.05) is 13.3 Å². The van der Waals surface area contributed by atoms with Gasteiger partial charge in [-0.15, -0.1) is 0 Å². The van der Waals surface area contributed by atoms with Crippen molar-refractivity contribution in [1.29, 1.82) is 0 Å². The van der Waals surface area contributed by atoms with Crippen molar-refractivity contribution < 1.29 is 14.4 Å². The minimum absolute atomic E-state index is 0.0160. The molecule has 0 aliphatic carbocycles. The van der Waals surface area contributed by atoms with E-state index in [1.165, 1.54) is 13.2 Å². The van der Waals surface area contributed by atoms with Crippen molar-refractivity contribution in [3.05, 3.63) is 27.8 Å². The topological polar surface area (TPSA) is 76.9 Å². The monoisotopic (exact) mass is 323 g/mol. The van der Waals surface area contributed by atoms with Crippen LogP contribution in [0.2, 0.25) is 0 Å². The fourth-order valence-corrected chi connectivity index (χ4v) is 3.11. The Morgan fingerprint density at radius 2 is 1.87 bits per heavy atom. The van der Waals surface area contributed by atoms with Crippen LogP contribution >= 0.6 is 0 Å². The van der Waals surface area contributed by atoms with Gasteiger partial charge in [-0.2, -0.15) is 0 Å². The van der Waals surface area contributed by atoms with Gasteiger partial charge in [0.1, 0.15) is 0 Å². The molecule has 1 fully saturated rings. The second kappa shape index (κ2) is 8.12. The number of nitro groups is 1. The smallest absolute Gasteiger partial charge is 0.278 e. The molecule has 0 unspecified atom stereocenters. The Bertz CT molecular complexity index is 544. The highest BCUT2D eigenvalue weighted by molar-refractivity contribution is 5.55. The van der Waals surface area contributed by atoms with Crippen molar-refractivity contribution in [2.24, 2.45) is 0 Å². The first-order chi connectivity index (χ1) is 11.1. The second-order valence-electron chi connectivity index (χ2n) is 5.61. The Hall–Kier alpha value is -1.86. The molecule has 1 aromatic rings. The predicted octanol–water partition coefficient (Wildman–Crippen LogP) is 2.36. The molecule has 2 rings (SSSR count). The van der Waals surface area contributed by atoms with Crippen LogP contribution in [0.5, 0.6) is 11.5 Å². The summed E-state index contributed by atoms with van der Waals surface area (Å²) in [7, 11) is 3.04. The maximum absolute atomic E-state index is 11.6. The van der Waals surface area contributed by atoms with Crippen molar-refractivity contribution in [3.63, 3.8) is 0 Å². The van der Waals surface area contributed by atoms with Crippen molar-refractivity contribution >= 4 is 5.69 Å². The average Bonchev–Trinajstić information content (AvgIpc) is 2.59. The number of piperazine rings is 1. The molecule has 1 aliphatic rings. The van der Waals surface area contributed by atoms with E-state index in [1.807, 2.05) is 0 Å². The van der Waals surface area contributed by atoms with Crippen molar-refractivity contribution in [3.8, 4) is 11.5 Å². The third kappa shape index (κ3) is 3.92. The van der Waals surface area contributed by atoms with Crippen LogP contribution in [-0.4, -0.2) is 50.2 Å². The van der Waals surface area contributed by atoms with Crippen LogP contribution in [0.15, 0.2) is 12.1 Å². The molecule has 1 atom stereocenters. The summed E-state index contributed by atoms with van der Waals surface area (Å²) < 4.78 is 10.6. The van der Waals surface area contributed by atoms with E-state index in [1.54, 1.807) is 13.2 Å². The molecule has 7 nitrogen and oxygen atoms in total. The van der Waals surface area contributed by atoms with Gasteiger partial charge < -0.3 is 14.8 Å². The minimum Gasteiger partial charge on any atom is -0.493 e. The molecule has 0 radical (unpaired) electrons. The van der Waals surface area contributed by atoms with Crippen LogP contribution in [0.3, 0.4) is 0 Å². The molecule has 0 aromatic heterocycles. The van der Waals surface area contributed by atoms with E-state index in [-0.39, 0.29) is 16.7 Å². The zero-order chi connectivity index (χ0) is 16.8. The maximum atomic E-state index is 11.6. The Morgan fingerprint density at radius 3 is 2.39 bits per heavy atom. The molecule has 0 amide bonds. The third-order valence-corrected chi connectivity index (χ3v) is 4.24. The largest absolute Gasteiger partial charge is 0.493 e. The molecule has 0 bridgehead atoms. The molecule has 128 valence electrons. The summed E-state index contributed by atoms with van der Waals surface area (Å²) in [6.45, 7) is 5.68. The summed E-state index contributed by atoms with van der Waals surface area (Å²) in [5.41, 5.74) is 0.802. The lowest BCUT2D eigenvalue weighted by Crippen LogP contribution is -2.45. The first-order valence-corrected chi connectivity index (χ1v) is 7.97. The molecule has 7 heteroatoms. The van der Waals surface area contributed by atoms with E-state index in [4.69, 9.17) is 9.47 Å². The average molecular weight is 323 g/mol. The van der Waals surface area contributed by atoms with Gasteiger partial charge in [0, 0.05) is 32.2 Å². The number of methoxy groups -OCH3 is 2. The van der Waals surface area contributed by atoms with Gasteiger partial charge in [-0.3, -0.25) is 15.0 Å². The maximum Gasteiger partial charge on any atom is 0.278 e. The number of nitro benzene ring substituents is 1. The number of hydrogen-bond donors (Lipinski definition) is 1. The van der Waals surface area contributed by atoms with Crippen LogP contribution < -0.4 is 14.8 Å². The molecule has 1 N–H and O–H groups in total. The van der Waals surface area contributed by atoms with Crippen LogP contribution in [-0.2, 0) is 0 Å². The highest BCUT2D eigenvalue weighted by Gasteiger charge is 2.29. The van der Waals surface area contributed by atoms with E-state index in [2.05, 4.69) is 17.1 Å². The summed E-state index contributed by atoms with van der Waals surface area (Å²) >= 11 is 0. The van der Waals surface area contributed by atoms with Crippen LogP contribution in [0.1, 0.15) is 31.4 Å². The van der Waals surface area contributed by atoms with Crippen molar-refractivity contribution in [2.75, 3.05) is 40.4 Å². The Labute approximate surface area is 136 Å². The van der Waals surface area contributed by atoms with Gasteiger partial charge in [0.05, 0.1) is 30.8 Å². The molecule has 1 saturated heterocycles. The molecule has 0 spiro atoms. The standard InChI is InChI=1S/C16H25N3O4/c1-4-5-13(18-8-6-17-7-9-18)12-10-15(22-2)16(23-3)11-14(12)19(20)21/h10-11,13,17H,4-9H2,1-3H3/t13-/m0/s1. The molecular weight excluding hydrogens is 298 g/mol. The van der Waals surface area contributed by atoms with Crippen LogP contribution in [0.4, 0.5) is 5.69 Å². The number of rotatable bonds is 7. The number of nitrogens with one attached hydrogen (secondary N) is 1. The molecule has 1 aromatic carbocycles. The highest BCUT2D eigenvalue weighted by Crippen LogP contribution is 2.40. The predicted molar refractivity (Wildman–Crippen MR) is 88.3 cm³/mol. The van der Waals surface area contributed by atoms with Gasteiger partial charge in [-0.25, -0.2) is 0 Å². The number of hydrogen-bond acceptors (Lipinski definition) is 6. The van der Waals surface area contributed by atoms with E-state index in [0.29, 0.717) is 17.1 Å². The third-order valence-electron chi connectivity index (χ3n) is 4.24. The number of ether oxygens (including phenoxy) is 2. The zero-order valence-corrected chi connectivity index (χ0v) is 14.0. The molecule has 0 saturated carbocycles. The lowest BCUT2D eigenvalue weighted by atomic mass is 9.97. The minimum atomic E-state index is -0.331. The molecule has 1 heterocycles. The Morgan fingerprint density at radius 1 is 1.26 bits per heavy atom. The summed E-state index contributed by atoms with van der Waals surface area (Å²) in [6.07, 6.45) is 1.83. The molecule has 1 aliphatic heterocycles. The number of nitrogens with zero attached hydrogens (tertiary/aromatic N) is 2. The fourth-order valence-electron chi connectivity index (χ4n) is 3.11. The Kier molecular flexibility index (Phi) is 6.18. The number of benzene rings is 1. The summed E-state index contributed by atoms with van der Waals surface area (Å²) in [6, 6.07) is 3.25. The lowest BCUT2D eigenvalue weighted by Gasteiger charge is -2.35. The Balaban J connectivity index is 2.48. The van der Waals surface area contributed by atoms with Gasteiger partial charge in [0.15, 0.2) is 11.5 Å².